The maximum atomic E-state index is 12.7. The molecule has 0 aliphatic carbocycles. The smallest absolute Gasteiger partial charge is 0.355 e. The monoisotopic (exact) mass is 346 g/mol. The molecular formula is C18H22N2O5. The van der Waals surface area contributed by atoms with Crippen molar-refractivity contribution >= 4 is 17.7 Å². The second-order valence-corrected chi connectivity index (χ2v) is 5.72. The van der Waals surface area contributed by atoms with E-state index >= 15 is 0 Å². The van der Waals surface area contributed by atoms with Crippen molar-refractivity contribution in [3.63, 3.8) is 0 Å². The molecule has 0 atom stereocenters. The van der Waals surface area contributed by atoms with Gasteiger partial charge in [0.1, 0.15) is 11.5 Å². The Bertz CT molecular complexity index is 774. The van der Waals surface area contributed by atoms with Gasteiger partial charge in [-0.2, -0.15) is 0 Å². The largest absolute Gasteiger partial charge is 0.467 e. The van der Waals surface area contributed by atoms with E-state index in [-0.39, 0.29) is 37.1 Å². The Balaban J connectivity index is 2.21. The van der Waals surface area contributed by atoms with Crippen molar-refractivity contribution in [3.8, 4) is 0 Å². The number of nitrogens with zero attached hydrogens (tertiary/aromatic N) is 1. The zero-order chi connectivity index (χ0) is 18.6. The first-order valence-corrected chi connectivity index (χ1v) is 8.02. The Labute approximate surface area is 145 Å². The zero-order valence-electron chi connectivity index (χ0n) is 14.8. The summed E-state index contributed by atoms with van der Waals surface area (Å²) in [5.74, 6) is -0.386. The molecule has 0 saturated heterocycles. The van der Waals surface area contributed by atoms with Crippen LogP contribution < -0.4 is 0 Å². The third-order valence-corrected chi connectivity index (χ3v) is 3.90. The summed E-state index contributed by atoms with van der Waals surface area (Å²) >= 11 is 0. The van der Waals surface area contributed by atoms with E-state index in [4.69, 9.17) is 9.15 Å². The van der Waals surface area contributed by atoms with Crippen molar-refractivity contribution in [2.45, 2.75) is 34.2 Å². The molecule has 0 aliphatic rings. The van der Waals surface area contributed by atoms with Crippen LogP contribution >= 0.6 is 0 Å². The highest BCUT2D eigenvalue weighted by Gasteiger charge is 2.25. The minimum Gasteiger partial charge on any atom is -0.467 e. The average Bonchev–Trinajstić information content (AvgIpc) is 3.14. The molecule has 0 bridgehead atoms. The molecule has 2 aromatic heterocycles. The number of furan rings is 1. The lowest BCUT2D eigenvalue weighted by Gasteiger charge is -2.19. The van der Waals surface area contributed by atoms with E-state index in [1.165, 1.54) is 18.1 Å². The van der Waals surface area contributed by atoms with E-state index in [2.05, 4.69) is 4.98 Å². The molecule has 134 valence electrons. The number of Topliss-reactive ketones (excluding diaryl/α,β-unsaturated/α-hetero) is 1. The van der Waals surface area contributed by atoms with Crippen LogP contribution in [0.1, 0.15) is 51.7 Å². The van der Waals surface area contributed by atoms with Gasteiger partial charge in [-0.05, 0) is 38.5 Å². The van der Waals surface area contributed by atoms with E-state index in [1.54, 1.807) is 32.9 Å². The van der Waals surface area contributed by atoms with E-state index in [9.17, 15) is 14.4 Å². The molecule has 7 heteroatoms. The molecule has 2 aromatic rings. The van der Waals surface area contributed by atoms with E-state index in [0.29, 0.717) is 22.6 Å². The van der Waals surface area contributed by atoms with E-state index in [1.807, 2.05) is 0 Å². The van der Waals surface area contributed by atoms with Crippen LogP contribution in [0.4, 0.5) is 0 Å². The van der Waals surface area contributed by atoms with Crippen LogP contribution in [-0.2, 0) is 16.1 Å². The number of carbonyl (C=O) groups is 3. The van der Waals surface area contributed by atoms with Gasteiger partial charge in [-0.25, -0.2) is 4.79 Å². The van der Waals surface area contributed by atoms with Crippen molar-refractivity contribution in [3.05, 3.63) is 46.7 Å². The quantitative estimate of drug-likeness (QED) is 0.614. The van der Waals surface area contributed by atoms with Gasteiger partial charge in [0.2, 0.25) is 5.91 Å². The highest BCUT2D eigenvalue weighted by Crippen LogP contribution is 2.20. The van der Waals surface area contributed by atoms with Gasteiger partial charge in [0.15, 0.2) is 5.78 Å². The molecule has 1 N–H and O–H groups in total. The SMILES string of the molecule is CCOC(=O)c1[nH]c(C)c(C(=O)CN(Cc2ccco2)C(C)=O)c1C. The second kappa shape index (κ2) is 7.83. The van der Waals surface area contributed by atoms with E-state index < -0.39 is 5.97 Å². The number of amides is 1. The summed E-state index contributed by atoms with van der Waals surface area (Å²) in [7, 11) is 0. The van der Waals surface area contributed by atoms with Gasteiger partial charge in [0.25, 0.3) is 0 Å². The lowest BCUT2D eigenvalue weighted by atomic mass is 10.1. The van der Waals surface area contributed by atoms with Crippen LogP contribution in [0.15, 0.2) is 22.8 Å². The fourth-order valence-corrected chi connectivity index (χ4v) is 2.70. The van der Waals surface area contributed by atoms with Crippen molar-refractivity contribution in [1.29, 1.82) is 0 Å². The van der Waals surface area contributed by atoms with Crippen LogP contribution in [0.25, 0.3) is 0 Å². The van der Waals surface area contributed by atoms with Gasteiger partial charge in [0.05, 0.1) is 26.0 Å². The number of ether oxygens (including phenoxy) is 1. The third-order valence-electron chi connectivity index (χ3n) is 3.90. The summed E-state index contributed by atoms with van der Waals surface area (Å²) < 4.78 is 10.2. The Morgan fingerprint density at radius 2 is 2.00 bits per heavy atom. The number of esters is 1. The number of aryl methyl sites for hydroxylation is 1. The number of nitrogens with one attached hydrogen (secondary N) is 1. The van der Waals surface area contributed by atoms with Gasteiger partial charge in [0, 0.05) is 18.2 Å². The summed E-state index contributed by atoms with van der Waals surface area (Å²) in [4.78, 5) is 40.8. The van der Waals surface area contributed by atoms with Gasteiger partial charge in [-0.15, -0.1) is 0 Å². The summed E-state index contributed by atoms with van der Waals surface area (Å²) in [5, 5.41) is 0. The number of hydrogen-bond donors (Lipinski definition) is 1. The molecular weight excluding hydrogens is 324 g/mol. The lowest BCUT2D eigenvalue weighted by Crippen LogP contribution is -2.33. The standard InChI is InChI=1S/C18H22N2O5/c1-5-24-18(23)17-11(2)16(12(3)19-17)15(22)10-20(13(4)21)9-14-7-6-8-25-14/h6-8,19H,5,9-10H2,1-4H3. The highest BCUT2D eigenvalue weighted by molar-refractivity contribution is 6.04. The molecule has 0 aliphatic heterocycles. The summed E-state index contributed by atoms with van der Waals surface area (Å²) in [6.45, 7) is 6.88. The van der Waals surface area contributed by atoms with Crippen molar-refractivity contribution in [2.24, 2.45) is 0 Å². The topological polar surface area (TPSA) is 92.6 Å². The van der Waals surface area contributed by atoms with Crippen LogP contribution in [0.2, 0.25) is 0 Å². The molecule has 0 radical (unpaired) electrons. The molecule has 2 heterocycles. The second-order valence-electron chi connectivity index (χ2n) is 5.72. The summed E-state index contributed by atoms with van der Waals surface area (Å²) in [6.07, 6.45) is 1.52. The zero-order valence-corrected chi connectivity index (χ0v) is 14.8. The molecule has 0 fully saturated rings. The molecule has 7 nitrogen and oxygen atoms in total. The number of aromatic nitrogens is 1. The first-order valence-electron chi connectivity index (χ1n) is 8.02. The van der Waals surface area contributed by atoms with Crippen LogP contribution in [0.5, 0.6) is 0 Å². The van der Waals surface area contributed by atoms with Crippen molar-refractivity contribution in [1.82, 2.24) is 9.88 Å². The van der Waals surface area contributed by atoms with Crippen molar-refractivity contribution < 1.29 is 23.5 Å². The lowest BCUT2D eigenvalue weighted by molar-refractivity contribution is -0.129. The molecule has 0 saturated carbocycles. The fourth-order valence-electron chi connectivity index (χ4n) is 2.70. The van der Waals surface area contributed by atoms with Crippen LogP contribution in [0, 0.1) is 13.8 Å². The molecule has 2 rings (SSSR count). The van der Waals surface area contributed by atoms with Gasteiger partial charge in [-0.3, -0.25) is 9.59 Å². The Morgan fingerprint density at radius 1 is 1.28 bits per heavy atom. The molecule has 0 spiro atoms. The average molecular weight is 346 g/mol. The number of hydrogen-bond acceptors (Lipinski definition) is 5. The maximum Gasteiger partial charge on any atom is 0.355 e. The predicted molar refractivity (Wildman–Crippen MR) is 90.4 cm³/mol. The fraction of sp³-hybridized carbons (Fsp3) is 0.389. The highest BCUT2D eigenvalue weighted by atomic mass is 16.5. The van der Waals surface area contributed by atoms with Gasteiger partial charge < -0.3 is 19.0 Å². The molecule has 25 heavy (non-hydrogen) atoms. The van der Waals surface area contributed by atoms with Gasteiger partial charge >= 0.3 is 5.97 Å². The number of aromatic amines is 1. The molecule has 1 amide bonds. The summed E-state index contributed by atoms with van der Waals surface area (Å²) in [6, 6.07) is 3.47. The van der Waals surface area contributed by atoms with Crippen molar-refractivity contribution in [2.75, 3.05) is 13.2 Å². The predicted octanol–water partition coefficient (Wildman–Crippen LogP) is 2.63. The number of ketones is 1. The third kappa shape index (κ3) is 4.17. The van der Waals surface area contributed by atoms with Crippen LogP contribution in [0.3, 0.4) is 0 Å². The summed E-state index contributed by atoms with van der Waals surface area (Å²) in [5.41, 5.74) is 1.78. The Hall–Kier alpha value is -2.83. The van der Waals surface area contributed by atoms with E-state index in [0.717, 1.165) is 0 Å². The Kier molecular flexibility index (Phi) is 5.80. The number of carbonyl (C=O) groups excluding carboxylic acids is 3. The van der Waals surface area contributed by atoms with Crippen LogP contribution in [-0.4, -0.2) is 40.7 Å². The Morgan fingerprint density at radius 3 is 2.56 bits per heavy atom. The van der Waals surface area contributed by atoms with Gasteiger partial charge in [-0.1, -0.05) is 0 Å². The minimum atomic E-state index is -0.499. The first kappa shape index (κ1) is 18.5. The molecule has 0 unspecified atom stereocenters. The number of rotatable bonds is 7. The molecule has 0 aromatic carbocycles. The minimum absolute atomic E-state index is 0.0994. The maximum absolute atomic E-state index is 12.7. The number of H-pyrrole nitrogens is 1. The first-order chi connectivity index (χ1) is 11.8. The normalized spacial score (nSPS) is 10.6.